The van der Waals surface area contributed by atoms with Gasteiger partial charge >= 0.3 is 18.9 Å². The maximum atomic E-state index is 10.2. The summed E-state index contributed by atoms with van der Waals surface area (Å²) < 4.78 is 4.90. The molecule has 54 valence electrons. The van der Waals surface area contributed by atoms with Crippen molar-refractivity contribution in [1.29, 1.82) is 0 Å². The van der Waals surface area contributed by atoms with E-state index in [1.165, 1.54) is 0 Å². The van der Waals surface area contributed by atoms with Crippen molar-refractivity contribution in [3.8, 4) is 5.75 Å². The van der Waals surface area contributed by atoms with E-state index < -0.39 is 0 Å². The average Bonchev–Trinajstić information content (AvgIpc) is 2.05. The molecular formula is C8H9LiO2. The number of hydrogen-bond acceptors (Lipinski definition) is 2. The number of carbonyl (C=O) groups excluding carboxylic acids is 1. The maximum Gasteiger partial charge on any atom is 1.00 e. The summed E-state index contributed by atoms with van der Waals surface area (Å²) in [5.41, 5.74) is 0.667. The summed E-state index contributed by atoms with van der Waals surface area (Å²) in [6, 6.07) is 6.94. The van der Waals surface area contributed by atoms with E-state index in [0.717, 1.165) is 12.0 Å². The molecule has 0 heterocycles. The summed E-state index contributed by atoms with van der Waals surface area (Å²) in [5, 5.41) is 0. The van der Waals surface area contributed by atoms with E-state index >= 15 is 0 Å². The Morgan fingerprint density at radius 1 is 1.36 bits per heavy atom. The SMILES string of the molecule is COc1ccc(C=O)cc1.[H-].[Li+]. The largest absolute Gasteiger partial charge is 1.00 e. The predicted octanol–water partition coefficient (Wildman–Crippen LogP) is -1.38. The standard InChI is InChI=1S/C8H8O2.Li.H/c1-10-8-4-2-7(6-9)3-5-8;;/h2-6H,1H3;;/q;+1;-1. The Labute approximate surface area is 79.2 Å². The molecule has 0 radical (unpaired) electrons. The van der Waals surface area contributed by atoms with Crippen molar-refractivity contribution in [2.75, 3.05) is 7.11 Å². The molecule has 1 rings (SSSR count). The van der Waals surface area contributed by atoms with E-state index in [-0.39, 0.29) is 20.3 Å². The van der Waals surface area contributed by atoms with Crippen molar-refractivity contribution in [3.05, 3.63) is 29.8 Å². The molecule has 0 amide bonds. The number of rotatable bonds is 2. The Balaban J connectivity index is 0. The molecule has 0 bridgehead atoms. The smallest absolute Gasteiger partial charge is 1.00 e. The number of aldehydes is 1. The van der Waals surface area contributed by atoms with Crippen LogP contribution in [0.15, 0.2) is 24.3 Å². The van der Waals surface area contributed by atoms with Crippen LogP contribution in [0.5, 0.6) is 5.75 Å². The van der Waals surface area contributed by atoms with Gasteiger partial charge in [0.15, 0.2) is 0 Å². The summed E-state index contributed by atoms with van der Waals surface area (Å²) in [4.78, 5) is 10.2. The Morgan fingerprint density at radius 2 is 1.91 bits per heavy atom. The van der Waals surface area contributed by atoms with Gasteiger partial charge in [0, 0.05) is 5.56 Å². The topological polar surface area (TPSA) is 26.3 Å². The molecule has 0 aliphatic rings. The van der Waals surface area contributed by atoms with Gasteiger partial charge in [-0.1, -0.05) is 0 Å². The van der Waals surface area contributed by atoms with Gasteiger partial charge in [-0.2, -0.15) is 0 Å². The number of hydrogen-bond donors (Lipinski definition) is 0. The number of carbonyl (C=O) groups is 1. The van der Waals surface area contributed by atoms with E-state index in [1.807, 2.05) is 0 Å². The molecule has 0 aliphatic heterocycles. The van der Waals surface area contributed by atoms with Crippen molar-refractivity contribution in [3.63, 3.8) is 0 Å². The molecule has 1 aromatic carbocycles. The summed E-state index contributed by atoms with van der Waals surface area (Å²) in [7, 11) is 1.59. The van der Waals surface area contributed by atoms with Crippen molar-refractivity contribution in [1.82, 2.24) is 0 Å². The second-order valence-electron chi connectivity index (χ2n) is 1.89. The van der Waals surface area contributed by atoms with E-state index in [9.17, 15) is 4.79 Å². The van der Waals surface area contributed by atoms with Crippen molar-refractivity contribution in [2.24, 2.45) is 0 Å². The van der Waals surface area contributed by atoms with Gasteiger partial charge in [-0.3, -0.25) is 4.79 Å². The molecule has 0 fully saturated rings. The van der Waals surface area contributed by atoms with Crippen LogP contribution in [0.2, 0.25) is 0 Å². The van der Waals surface area contributed by atoms with E-state index in [1.54, 1.807) is 31.4 Å². The summed E-state index contributed by atoms with van der Waals surface area (Å²) in [5.74, 6) is 0.769. The van der Waals surface area contributed by atoms with Crippen LogP contribution in [0.25, 0.3) is 0 Å². The van der Waals surface area contributed by atoms with Gasteiger partial charge in [0.2, 0.25) is 0 Å². The van der Waals surface area contributed by atoms with Gasteiger partial charge in [-0.05, 0) is 24.3 Å². The van der Waals surface area contributed by atoms with E-state index in [2.05, 4.69) is 0 Å². The molecule has 0 aliphatic carbocycles. The molecule has 2 nitrogen and oxygen atoms in total. The number of benzene rings is 1. The van der Waals surface area contributed by atoms with Crippen LogP contribution in [0, 0.1) is 0 Å². The zero-order valence-electron chi connectivity index (χ0n) is 7.70. The molecule has 0 atom stereocenters. The van der Waals surface area contributed by atoms with Crippen LogP contribution >= 0.6 is 0 Å². The fourth-order valence-corrected chi connectivity index (χ4v) is 0.682. The third-order valence-corrected chi connectivity index (χ3v) is 1.25. The first-order valence-electron chi connectivity index (χ1n) is 2.96. The van der Waals surface area contributed by atoms with E-state index in [0.29, 0.717) is 5.56 Å². The first-order valence-corrected chi connectivity index (χ1v) is 2.96. The van der Waals surface area contributed by atoms with Gasteiger partial charge in [0.25, 0.3) is 0 Å². The minimum atomic E-state index is 0. The van der Waals surface area contributed by atoms with E-state index in [4.69, 9.17) is 4.74 Å². The minimum absolute atomic E-state index is 0. The number of ether oxygens (including phenoxy) is 1. The fourth-order valence-electron chi connectivity index (χ4n) is 0.682. The third-order valence-electron chi connectivity index (χ3n) is 1.25. The molecule has 3 heteroatoms. The first-order chi connectivity index (χ1) is 4.86. The van der Waals surface area contributed by atoms with Gasteiger partial charge in [-0.25, -0.2) is 0 Å². The molecule has 0 saturated carbocycles. The summed E-state index contributed by atoms with van der Waals surface area (Å²) >= 11 is 0. The molecule has 0 aromatic heterocycles. The average molecular weight is 144 g/mol. The molecule has 1 aromatic rings. The van der Waals surface area contributed by atoms with Gasteiger partial charge in [0.05, 0.1) is 7.11 Å². The van der Waals surface area contributed by atoms with Gasteiger partial charge < -0.3 is 6.16 Å². The Bertz CT molecular complexity index is 223. The Morgan fingerprint density at radius 3 is 2.27 bits per heavy atom. The predicted molar refractivity (Wildman–Crippen MR) is 39.5 cm³/mol. The molecule has 0 N–H and O–H groups in total. The summed E-state index contributed by atoms with van der Waals surface area (Å²) in [6.07, 6.45) is 0.805. The second-order valence-corrected chi connectivity index (χ2v) is 1.89. The fraction of sp³-hybridized carbons (Fsp3) is 0.125. The quantitative estimate of drug-likeness (QED) is 0.378. The van der Waals surface area contributed by atoms with Crippen LogP contribution in [-0.4, -0.2) is 13.4 Å². The molecule has 0 spiro atoms. The monoisotopic (exact) mass is 144 g/mol. The van der Waals surface area contributed by atoms with Crippen molar-refractivity contribution < 1.29 is 29.8 Å². The minimum Gasteiger partial charge on any atom is -1.00 e. The maximum absolute atomic E-state index is 10.2. The van der Waals surface area contributed by atoms with Crippen LogP contribution in [-0.2, 0) is 0 Å². The van der Waals surface area contributed by atoms with Crippen LogP contribution in [0.1, 0.15) is 11.8 Å². The Kier molecular flexibility index (Phi) is 4.68. The zero-order valence-corrected chi connectivity index (χ0v) is 6.70. The normalized spacial score (nSPS) is 8.09. The van der Waals surface area contributed by atoms with Gasteiger partial charge in [0.1, 0.15) is 12.0 Å². The molecule has 11 heavy (non-hydrogen) atoms. The van der Waals surface area contributed by atoms with Crippen molar-refractivity contribution >= 4 is 6.29 Å². The third kappa shape index (κ3) is 2.79. The molecule has 0 saturated heterocycles. The summed E-state index contributed by atoms with van der Waals surface area (Å²) in [6.45, 7) is 0. The van der Waals surface area contributed by atoms with Crippen LogP contribution in [0.4, 0.5) is 0 Å². The second kappa shape index (κ2) is 5.01. The Hall–Kier alpha value is -0.713. The first kappa shape index (κ1) is 10.3. The molecule has 0 unspecified atom stereocenters. The number of methoxy groups -OCH3 is 1. The van der Waals surface area contributed by atoms with Crippen LogP contribution < -0.4 is 23.6 Å². The van der Waals surface area contributed by atoms with Gasteiger partial charge in [-0.15, -0.1) is 0 Å². The van der Waals surface area contributed by atoms with Crippen LogP contribution in [0.3, 0.4) is 0 Å². The molecular weight excluding hydrogens is 135 g/mol. The van der Waals surface area contributed by atoms with Crippen molar-refractivity contribution in [2.45, 2.75) is 0 Å². The zero-order chi connectivity index (χ0) is 7.40.